The molecule has 2 aromatic rings. The molecule has 174 valence electrons. The zero-order valence-electron chi connectivity index (χ0n) is 17.4. The molecule has 32 heavy (non-hydrogen) atoms. The van der Waals surface area contributed by atoms with Gasteiger partial charge in [-0.25, -0.2) is 0 Å². The lowest BCUT2D eigenvalue weighted by Gasteiger charge is -2.34. The Bertz CT molecular complexity index is 909. The quantitative estimate of drug-likeness (QED) is 0.631. The SMILES string of the molecule is Cc1cc(NC(=O)CCN2CCN(CC(=O)Nc3ccc(OC(F)(F)F)cc3)CC2)no1. The normalized spacial score (nSPS) is 15.4. The van der Waals surface area contributed by atoms with Gasteiger partial charge in [-0.3, -0.25) is 14.5 Å². The number of ether oxygens (including phenoxy) is 1. The van der Waals surface area contributed by atoms with E-state index in [1.54, 1.807) is 13.0 Å². The molecule has 0 spiro atoms. The van der Waals surface area contributed by atoms with Crippen molar-refractivity contribution in [2.75, 3.05) is 49.9 Å². The number of anilines is 2. The van der Waals surface area contributed by atoms with Gasteiger partial charge in [-0.1, -0.05) is 5.16 Å². The maximum Gasteiger partial charge on any atom is 0.573 e. The molecule has 1 aliphatic rings. The fraction of sp³-hybridized carbons (Fsp3) is 0.450. The van der Waals surface area contributed by atoms with E-state index in [1.165, 1.54) is 12.1 Å². The average molecular weight is 455 g/mol. The van der Waals surface area contributed by atoms with E-state index in [-0.39, 0.29) is 24.1 Å². The summed E-state index contributed by atoms with van der Waals surface area (Å²) in [6.45, 7) is 5.26. The predicted octanol–water partition coefficient (Wildman–Crippen LogP) is 2.47. The van der Waals surface area contributed by atoms with Crippen LogP contribution in [0.5, 0.6) is 5.75 Å². The Kier molecular flexibility index (Phi) is 7.70. The molecule has 0 unspecified atom stereocenters. The highest BCUT2D eigenvalue weighted by atomic mass is 19.4. The molecule has 0 saturated carbocycles. The topological polar surface area (TPSA) is 99.9 Å². The Hall–Kier alpha value is -3.12. The zero-order valence-corrected chi connectivity index (χ0v) is 17.4. The molecule has 0 bridgehead atoms. The number of aromatic nitrogens is 1. The van der Waals surface area contributed by atoms with Crippen LogP contribution in [0.4, 0.5) is 24.7 Å². The molecule has 2 amide bonds. The smallest absolute Gasteiger partial charge is 0.406 e. The molecule has 3 rings (SSSR count). The van der Waals surface area contributed by atoms with E-state index in [9.17, 15) is 22.8 Å². The number of aryl methyl sites for hydroxylation is 1. The lowest BCUT2D eigenvalue weighted by molar-refractivity contribution is -0.274. The molecular formula is C20H24F3N5O4. The van der Waals surface area contributed by atoms with Crippen LogP contribution in [0.1, 0.15) is 12.2 Å². The Morgan fingerprint density at radius 1 is 1.06 bits per heavy atom. The van der Waals surface area contributed by atoms with E-state index >= 15 is 0 Å². The Morgan fingerprint density at radius 2 is 1.72 bits per heavy atom. The lowest BCUT2D eigenvalue weighted by atomic mass is 10.2. The van der Waals surface area contributed by atoms with Gasteiger partial charge in [-0.2, -0.15) is 0 Å². The van der Waals surface area contributed by atoms with E-state index in [0.29, 0.717) is 56.4 Å². The number of carbonyl (C=O) groups excluding carboxylic acids is 2. The van der Waals surface area contributed by atoms with Crippen molar-refractivity contribution >= 4 is 23.3 Å². The zero-order chi connectivity index (χ0) is 23.1. The molecule has 1 aromatic heterocycles. The maximum atomic E-state index is 12.2. The largest absolute Gasteiger partial charge is 0.573 e. The third-order valence-corrected chi connectivity index (χ3v) is 4.75. The van der Waals surface area contributed by atoms with Crippen molar-refractivity contribution in [1.29, 1.82) is 0 Å². The summed E-state index contributed by atoms with van der Waals surface area (Å²) in [5.74, 6) is 0.257. The first-order valence-corrected chi connectivity index (χ1v) is 10.00. The van der Waals surface area contributed by atoms with Gasteiger partial charge in [0, 0.05) is 50.9 Å². The summed E-state index contributed by atoms with van der Waals surface area (Å²) in [5, 5.41) is 9.06. The van der Waals surface area contributed by atoms with Crippen LogP contribution >= 0.6 is 0 Å². The lowest BCUT2D eigenvalue weighted by Crippen LogP contribution is -2.49. The molecule has 9 nitrogen and oxygen atoms in total. The van der Waals surface area contributed by atoms with Crippen LogP contribution in [0.25, 0.3) is 0 Å². The number of alkyl halides is 3. The minimum Gasteiger partial charge on any atom is -0.406 e. The minimum atomic E-state index is -4.76. The number of nitrogens with one attached hydrogen (secondary N) is 2. The van der Waals surface area contributed by atoms with Gasteiger partial charge >= 0.3 is 6.36 Å². The highest BCUT2D eigenvalue weighted by Gasteiger charge is 2.31. The maximum absolute atomic E-state index is 12.2. The highest BCUT2D eigenvalue weighted by Crippen LogP contribution is 2.24. The molecule has 2 N–H and O–H groups in total. The summed E-state index contributed by atoms with van der Waals surface area (Å²) in [5.41, 5.74) is 0.386. The summed E-state index contributed by atoms with van der Waals surface area (Å²) in [6, 6.07) is 6.63. The van der Waals surface area contributed by atoms with Crippen molar-refractivity contribution in [3.8, 4) is 5.75 Å². The second-order valence-electron chi connectivity index (χ2n) is 7.36. The number of benzene rings is 1. The number of hydrogen-bond donors (Lipinski definition) is 2. The minimum absolute atomic E-state index is 0.147. The van der Waals surface area contributed by atoms with Crippen LogP contribution in [0, 0.1) is 6.92 Å². The van der Waals surface area contributed by atoms with E-state index in [2.05, 4.69) is 25.4 Å². The van der Waals surface area contributed by atoms with Gasteiger partial charge in [-0.05, 0) is 31.2 Å². The Morgan fingerprint density at radius 3 is 2.31 bits per heavy atom. The van der Waals surface area contributed by atoms with Crippen molar-refractivity contribution in [2.24, 2.45) is 0 Å². The van der Waals surface area contributed by atoms with E-state index < -0.39 is 6.36 Å². The third-order valence-electron chi connectivity index (χ3n) is 4.75. The number of carbonyl (C=O) groups is 2. The van der Waals surface area contributed by atoms with Crippen LogP contribution in [-0.4, -0.2) is 72.4 Å². The summed E-state index contributed by atoms with van der Waals surface area (Å²) in [7, 11) is 0. The third kappa shape index (κ3) is 7.85. The number of nitrogens with zero attached hydrogens (tertiary/aromatic N) is 3. The Labute approximate surface area is 182 Å². The van der Waals surface area contributed by atoms with Crippen molar-refractivity contribution in [2.45, 2.75) is 19.7 Å². The van der Waals surface area contributed by atoms with Crippen molar-refractivity contribution < 1.29 is 32.0 Å². The first kappa shape index (κ1) is 23.5. The van der Waals surface area contributed by atoms with Gasteiger partial charge in [0.05, 0.1) is 6.54 Å². The van der Waals surface area contributed by atoms with Gasteiger partial charge in [0.2, 0.25) is 11.8 Å². The molecule has 1 saturated heterocycles. The second kappa shape index (κ2) is 10.5. The molecule has 0 atom stereocenters. The highest BCUT2D eigenvalue weighted by molar-refractivity contribution is 5.92. The Balaban J connectivity index is 1.33. The van der Waals surface area contributed by atoms with Crippen molar-refractivity contribution in [1.82, 2.24) is 15.0 Å². The average Bonchev–Trinajstić information content (AvgIpc) is 3.12. The standard InChI is InChI=1S/C20H24F3N5O4/c1-14-12-17(26-32-14)25-18(29)6-7-27-8-10-28(11-9-27)13-19(30)24-15-2-4-16(5-3-15)31-20(21,22)23/h2-5,12H,6-11,13H2,1H3,(H,24,30)(H,25,26,29). The van der Waals surface area contributed by atoms with Crippen LogP contribution in [-0.2, 0) is 9.59 Å². The number of piperazine rings is 1. The van der Waals surface area contributed by atoms with Crippen molar-refractivity contribution in [3.63, 3.8) is 0 Å². The fourth-order valence-corrected chi connectivity index (χ4v) is 3.20. The van der Waals surface area contributed by atoms with Gasteiger partial charge in [0.15, 0.2) is 5.82 Å². The van der Waals surface area contributed by atoms with Gasteiger partial charge in [0.1, 0.15) is 11.5 Å². The predicted molar refractivity (Wildman–Crippen MR) is 109 cm³/mol. The monoisotopic (exact) mass is 455 g/mol. The fourth-order valence-electron chi connectivity index (χ4n) is 3.20. The van der Waals surface area contributed by atoms with Crippen LogP contribution in [0.2, 0.25) is 0 Å². The summed E-state index contributed by atoms with van der Waals surface area (Å²) < 4.78 is 45.3. The molecule has 2 heterocycles. The molecule has 0 radical (unpaired) electrons. The van der Waals surface area contributed by atoms with Crippen LogP contribution < -0.4 is 15.4 Å². The first-order valence-electron chi connectivity index (χ1n) is 10.00. The molecule has 1 aliphatic heterocycles. The first-order chi connectivity index (χ1) is 15.2. The molecular weight excluding hydrogens is 431 g/mol. The number of hydrogen-bond acceptors (Lipinski definition) is 7. The van der Waals surface area contributed by atoms with E-state index in [4.69, 9.17) is 4.52 Å². The number of amides is 2. The van der Waals surface area contributed by atoms with Crippen LogP contribution in [0.3, 0.4) is 0 Å². The van der Waals surface area contributed by atoms with Gasteiger partial charge in [0.25, 0.3) is 0 Å². The summed E-state index contributed by atoms with van der Waals surface area (Å²) in [6.07, 6.45) is -4.44. The second-order valence-corrected chi connectivity index (χ2v) is 7.36. The van der Waals surface area contributed by atoms with Gasteiger partial charge < -0.3 is 24.8 Å². The number of halogens is 3. The summed E-state index contributed by atoms with van der Waals surface area (Å²) in [4.78, 5) is 28.3. The molecule has 1 aromatic carbocycles. The molecule has 12 heteroatoms. The summed E-state index contributed by atoms with van der Waals surface area (Å²) >= 11 is 0. The van der Waals surface area contributed by atoms with E-state index in [1.807, 2.05) is 4.90 Å². The number of rotatable bonds is 8. The van der Waals surface area contributed by atoms with Gasteiger partial charge in [-0.15, -0.1) is 13.2 Å². The van der Waals surface area contributed by atoms with Crippen molar-refractivity contribution in [3.05, 3.63) is 36.1 Å². The van der Waals surface area contributed by atoms with E-state index in [0.717, 1.165) is 12.1 Å². The van der Waals surface area contributed by atoms with Crippen LogP contribution in [0.15, 0.2) is 34.9 Å². The molecule has 1 fully saturated rings. The molecule has 0 aliphatic carbocycles.